The van der Waals surface area contributed by atoms with Gasteiger partial charge in [-0.2, -0.15) is 0 Å². The number of likely N-dealkylation sites (N-methyl/N-ethyl adjacent to an activating group) is 1. The van der Waals surface area contributed by atoms with Gasteiger partial charge in [0.1, 0.15) is 0 Å². The zero-order valence-electron chi connectivity index (χ0n) is 27.0. The van der Waals surface area contributed by atoms with Crippen LogP contribution in [-0.4, -0.2) is 66.5 Å². The Morgan fingerprint density at radius 3 is 2.32 bits per heavy atom. The van der Waals surface area contributed by atoms with E-state index in [1.165, 1.54) is 16.7 Å². The van der Waals surface area contributed by atoms with E-state index in [0.29, 0.717) is 36.9 Å². The van der Waals surface area contributed by atoms with Crippen molar-refractivity contribution in [2.75, 3.05) is 34.4 Å². The van der Waals surface area contributed by atoms with Gasteiger partial charge >= 0.3 is 5.97 Å². The maximum Gasteiger partial charge on any atom is 0.303 e. The molecule has 238 valence electrons. The lowest BCUT2D eigenvalue weighted by molar-refractivity contribution is -0.136. The smallest absolute Gasteiger partial charge is 0.303 e. The number of methoxy groups -OCH3 is 2. The van der Waals surface area contributed by atoms with E-state index in [4.69, 9.17) is 9.47 Å². The van der Waals surface area contributed by atoms with Crippen LogP contribution < -0.4 is 14.8 Å². The minimum absolute atomic E-state index is 0.0328. The molecule has 7 nitrogen and oxygen atoms in total. The van der Waals surface area contributed by atoms with Crippen molar-refractivity contribution >= 4 is 17.9 Å². The summed E-state index contributed by atoms with van der Waals surface area (Å²) in [6, 6.07) is 18.9. The number of rotatable bonds is 16. The van der Waals surface area contributed by atoms with Crippen molar-refractivity contribution < 1.29 is 24.5 Å². The molecule has 8 heteroatoms. The molecule has 0 spiro atoms. The number of benzene rings is 3. The Balaban J connectivity index is 1.37. The SMILES string of the molecule is CCc1cc(-c2cc(OC)c(OC)cc2CCC(=O)O)ccc1SN(C)C[C@H](O)CNC(C)(C)CC1Cc2ccccc2C1. The van der Waals surface area contributed by atoms with E-state index in [1.807, 2.05) is 19.2 Å². The van der Waals surface area contributed by atoms with Crippen LogP contribution in [-0.2, 0) is 30.5 Å². The molecule has 0 aromatic heterocycles. The third-order valence-corrected chi connectivity index (χ3v) is 9.50. The number of aliphatic carboxylic acids is 1. The molecule has 3 N–H and O–H groups in total. The number of aryl methyl sites for hydroxylation is 2. The lowest BCUT2D eigenvalue weighted by atomic mass is 9.88. The highest BCUT2D eigenvalue weighted by Gasteiger charge is 2.28. The van der Waals surface area contributed by atoms with E-state index >= 15 is 0 Å². The fourth-order valence-corrected chi connectivity index (χ4v) is 7.33. The Bertz CT molecular complexity index is 1400. The second-order valence-corrected chi connectivity index (χ2v) is 13.7. The van der Waals surface area contributed by atoms with Crippen LogP contribution in [0.25, 0.3) is 11.1 Å². The van der Waals surface area contributed by atoms with Crippen LogP contribution in [0.5, 0.6) is 11.5 Å². The van der Waals surface area contributed by atoms with Gasteiger partial charge in [0.05, 0.1) is 20.3 Å². The van der Waals surface area contributed by atoms with Gasteiger partial charge in [0.25, 0.3) is 0 Å². The van der Waals surface area contributed by atoms with Crippen molar-refractivity contribution in [1.29, 1.82) is 0 Å². The first-order valence-corrected chi connectivity index (χ1v) is 16.3. The molecule has 0 aliphatic heterocycles. The summed E-state index contributed by atoms with van der Waals surface area (Å²) < 4.78 is 13.1. The predicted octanol–water partition coefficient (Wildman–Crippen LogP) is 6.42. The number of fused-ring (bicyclic) bond motifs is 1. The van der Waals surface area contributed by atoms with Gasteiger partial charge in [-0.05, 0) is 129 Å². The molecule has 1 aliphatic carbocycles. The second-order valence-electron chi connectivity index (χ2n) is 12.5. The molecule has 44 heavy (non-hydrogen) atoms. The maximum atomic E-state index is 11.3. The fourth-order valence-electron chi connectivity index (χ4n) is 6.30. The Morgan fingerprint density at radius 2 is 1.70 bits per heavy atom. The van der Waals surface area contributed by atoms with Crippen LogP contribution in [0.2, 0.25) is 0 Å². The van der Waals surface area contributed by atoms with Crippen LogP contribution in [0, 0.1) is 5.92 Å². The third kappa shape index (κ3) is 9.00. The van der Waals surface area contributed by atoms with Crippen LogP contribution in [0.15, 0.2) is 59.5 Å². The summed E-state index contributed by atoms with van der Waals surface area (Å²) in [5, 5.41) is 23.8. The summed E-state index contributed by atoms with van der Waals surface area (Å²) in [5.74, 6) is 0.988. The van der Waals surface area contributed by atoms with Crippen molar-refractivity contribution in [3.8, 4) is 22.6 Å². The predicted molar refractivity (Wildman–Crippen MR) is 179 cm³/mol. The standard InChI is InChI=1S/C36H48N2O5S/c1-7-25-18-28(31-20-33(43-6)32(42-5)19-29(31)13-15-35(40)41)12-14-34(25)44-38(4)23-30(39)22-37-36(2,3)21-24-16-26-10-8-9-11-27(26)17-24/h8-12,14,18-20,24,30,37,39H,7,13,15-17,21-23H2,1-6H3,(H,40,41)/t30-/m1/s1. The molecule has 0 fully saturated rings. The minimum atomic E-state index is -0.837. The molecule has 4 rings (SSSR count). The van der Waals surface area contributed by atoms with Crippen LogP contribution in [0.4, 0.5) is 0 Å². The van der Waals surface area contributed by atoms with E-state index in [1.54, 1.807) is 26.2 Å². The number of carboxylic acids is 1. The van der Waals surface area contributed by atoms with Gasteiger partial charge in [-0.25, -0.2) is 4.31 Å². The normalized spacial score (nSPS) is 14.1. The summed E-state index contributed by atoms with van der Waals surface area (Å²) in [6.07, 6.45) is 4.11. The molecule has 3 aromatic carbocycles. The first kappa shape index (κ1) is 33.8. The molecule has 0 saturated carbocycles. The van der Waals surface area contributed by atoms with Crippen LogP contribution >= 0.6 is 11.9 Å². The molecule has 1 atom stereocenters. The molecule has 0 unspecified atom stereocenters. The van der Waals surface area contributed by atoms with Gasteiger partial charge in [-0.15, -0.1) is 0 Å². The summed E-state index contributed by atoms with van der Waals surface area (Å²) in [7, 11) is 5.20. The van der Waals surface area contributed by atoms with Crippen molar-refractivity contribution in [2.24, 2.45) is 5.92 Å². The number of aliphatic hydroxyl groups excluding tert-OH is 1. The number of hydrogen-bond donors (Lipinski definition) is 3. The average molecular weight is 621 g/mol. The zero-order valence-corrected chi connectivity index (χ0v) is 27.8. The van der Waals surface area contributed by atoms with Gasteiger partial charge in [0.2, 0.25) is 0 Å². The molecule has 0 bridgehead atoms. The summed E-state index contributed by atoms with van der Waals surface area (Å²) >= 11 is 1.63. The quantitative estimate of drug-likeness (QED) is 0.158. The monoisotopic (exact) mass is 620 g/mol. The number of nitrogens with zero attached hydrogens (tertiary/aromatic N) is 1. The third-order valence-electron chi connectivity index (χ3n) is 8.44. The molecule has 3 aromatic rings. The first-order chi connectivity index (χ1) is 21.0. The molecule has 0 radical (unpaired) electrons. The number of carboxylic acid groups (broad SMARTS) is 1. The van der Waals surface area contributed by atoms with E-state index in [9.17, 15) is 15.0 Å². The number of β-amino-alcohol motifs (C(OH)–C–C–N with tert-alkyl or cyclic N) is 1. The minimum Gasteiger partial charge on any atom is -0.493 e. The van der Waals surface area contributed by atoms with Gasteiger partial charge in [0.15, 0.2) is 11.5 Å². The lowest BCUT2D eigenvalue weighted by Crippen LogP contribution is -2.46. The molecular weight excluding hydrogens is 572 g/mol. The fraction of sp³-hybridized carbons (Fsp3) is 0.472. The maximum absolute atomic E-state index is 11.3. The van der Waals surface area contributed by atoms with Crippen molar-refractivity contribution in [1.82, 2.24) is 9.62 Å². The molecule has 0 saturated heterocycles. The van der Waals surface area contributed by atoms with E-state index < -0.39 is 12.1 Å². The highest BCUT2D eigenvalue weighted by Crippen LogP contribution is 2.38. The number of nitrogens with one attached hydrogen (secondary N) is 1. The van der Waals surface area contributed by atoms with Crippen molar-refractivity contribution in [3.05, 3.63) is 76.9 Å². The summed E-state index contributed by atoms with van der Waals surface area (Å²) in [4.78, 5) is 12.5. The second kappa shape index (κ2) is 15.3. The first-order valence-electron chi connectivity index (χ1n) is 15.5. The van der Waals surface area contributed by atoms with Crippen LogP contribution in [0.1, 0.15) is 55.9 Å². The molecular formula is C36H48N2O5S. The molecule has 1 aliphatic rings. The lowest BCUT2D eigenvalue weighted by Gasteiger charge is -2.31. The van der Waals surface area contributed by atoms with E-state index in [2.05, 4.69) is 72.9 Å². The Hall–Kier alpha value is -3.04. The summed E-state index contributed by atoms with van der Waals surface area (Å²) in [5.41, 5.74) is 6.94. The zero-order chi connectivity index (χ0) is 31.9. The van der Waals surface area contributed by atoms with Crippen LogP contribution in [0.3, 0.4) is 0 Å². The van der Waals surface area contributed by atoms with Crippen molar-refractivity contribution in [2.45, 2.75) is 75.8 Å². The average Bonchev–Trinajstić information content (AvgIpc) is 3.40. The highest BCUT2D eigenvalue weighted by molar-refractivity contribution is 7.97. The summed E-state index contributed by atoms with van der Waals surface area (Å²) in [6.45, 7) is 7.68. The van der Waals surface area contributed by atoms with Crippen molar-refractivity contribution in [3.63, 3.8) is 0 Å². The Labute approximate surface area is 267 Å². The largest absolute Gasteiger partial charge is 0.493 e. The number of ether oxygens (including phenoxy) is 2. The number of aliphatic hydroxyl groups is 1. The van der Waals surface area contributed by atoms with Gasteiger partial charge in [-0.3, -0.25) is 4.79 Å². The van der Waals surface area contributed by atoms with Gasteiger partial charge in [0, 0.05) is 29.9 Å². The molecule has 0 heterocycles. The van der Waals surface area contributed by atoms with Gasteiger partial charge in [-0.1, -0.05) is 37.3 Å². The Morgan fingerprint density at radius 1 is 1.05 bits per heavy atom. The number of hydrogen-bond acceptors (Lipinski definition) is 7. The topological polar surface area (TPSA) is 91.3 Å². The Kier molecular flexibility index (Phi) is 11.8. The van der Waals surface area contributed by atoms with Gasteiger partial charge < -0.3 is 25.0 Å². The van der Waals surface area contributed by atoms with E-state index in [0.717, 1.165) is 47.3 Å². The van der Waals surface area contributed by atoms with E-state index in [-0.39, 0.29) is 12.0 Å². The molecule has 0 amide bonds. The number of carbonyl (C=O) groups is 1. The highest BCUT2D eigenvalue weighted by atomic mass is 32.2.